The lowest BCUT2D eigenvalue weighted by Crippen LogP contribution is -2.53. The van der Waals surface area contributed by atoms with Crippen LogP contribution in [0, 0.1) is 11.3 Å². The molecule has 0 spiro atoms. The minimum atomic E-state index is -0.993. The van der Waals surface area contributed by atoms with Gasteiger partial charge >= 0.3 is 0 Å². The van der Waals surface area contributed by atoms with E-state index in [0.717, 1.165) is 6.54 Å². The Bertz CT molecular complexity index is 195. The fourth-order valence-electron chi connectivity index (χ4n) is 2.13. The van der Waals surface area contributed by atoms with E-state index in [4.69, 9.17) is 0 Å². The number of piperidine rings is 1. The fraction of sp³-hybridized carbons (Fsp3) is 1.00. The van der Waals surface area contributed by atoms with Gasteiger partial charge in [0, 0.05) is 6.04 Å². The summed E-state index contributed by atoms with van der Waals surface area (Å²) in [4.78, 5) is 0. The standard InChI is InChI=1S/C12H24FN/c1-9(2)10-8-12(13,6-7-14-10)11(3,4)5/h9-10,14H,6-8H2,1-5H3/t10-,12?/m1/s1. The summed E-state index contributed by atoms with van der Waals surface area (Å²) < 4.78 is 14.6. The lowest BCUT2D eigenvalue weighted by atomic mass is 9.69. The second-order valence-electron chi connectivity index (χ2n) is 5.97. The lowest BCUT2D eigenvalue weighted by Gasteiger charge is -2.45. The van der Waals surface area contributed by atoms with Gasteiger partial charge in [-0.1, -0.05) is 34.6 Å². The van der Waals surface area contributed by atoms with Crippen LogP contribution in [0.4, 0.5) is 4.39 Å². The molecule has 0 aromatic rings. The number of halogens is 1. The van der Waals surface area contributed by atoms with Crippen molar-refractivity contribution in [3.8, 4) is 0 Å². The maximum atomic E-state index is 14.6. The van der Waals surface area contributed by atoms with E-state index in [2.05, 4.69) is 19.2 Å². The third-order valence-corrected chi connectivity index (χ3v) is 3.62. The van der Waals surface area contributed by atoms with Crippen molar-refractivity contribution in [2.75, 3.05) is 6.54 Å². The monoisotopic (exact) mass is 201 g/mol. The van der Waals surface area contributed by atoms with Gasteiger partial charge in [-0.25, -0.2) is 4.39 Å². The molecule has 1 aliphatic rings. The normalized spacial score (nSPS) is 34.9. The van der Waals surface area contributed by atoms with Crippen molar-refractivity contribution in [1.29, 1.82) is 0 Å². The lowest BCUT2D eigenvalue weighted by molar-refractivity contribution is -0.0196. The van der Waals surface area contributed by atoms with Gasteiger partial charge in [-0.2, -0.15) is 0 Å². The van der Waals surface area contributed by atoms with Gasteiger partial charge in [0.25, 0.3) is 0 Å². The Morgan fingerprint density at radius 3 is 2.36 bits per heavy atom. The quantitative estimate of drug-likeness (QED) is 0.687. The summed E-state index contributed by atoms with van der Waals surface area (Å²) in [5, 5.41) is 3.41. The van der Waals surface area contributed by atoms with E-state index in [9.17, 15) is 4.39 Å². The van der Waals surface area contributed by atoms with Crippen LogP contribution in [0.3, 0.4) is 0 Å². The second-order valence-corrected chi connectivity index (χ2v) is 5.97. The number of rotatable bonds is 1. The molecule has 0 bridgehead atoms. The molecule has 1 unspecified atom stereocenters. The van der Waals surface area contributed by atoms with E-state index in [1.807, 2.05) is 20.8 Å². The van der Waals surface area contributed by atoms with Gasteiger partial charge in [0.15, 0.2) is 0 Å². The predicted octanol–water partition coefficient (Wildman–Crippen LogP) is 3.15. The van der Waals surface area contributed by atoms with Crippen LogP contribution in [0.2, 0.25) is 0 Å². The molecule has 1 nitrogen and oxygen atoms in total. The van der Waals surface area contributed by atoms with Crippen LogP contribution in [-0.4, -0.2) is 18.3 Å². The second kappa shape index (κ2) is 3.80. The minimum absolute atomic E-state index is 0.234. The van der Waals surface area contributed by atoms with E-state index < -0.39 is 5.67 Å². The van der Waals surface area contributed by atoms with Crippen LogP contribution in [0.15, 0.2) is 0 Å². The van der Waals surface area contributed by atoms with E-state index >= 15 is 0 Å². The summed E-state index contributed by atoms with van der Waals surface area (Å²) in [5.74, 6) is 0.521. The summed E-state index contributed by atoms with van der Waals surface area (Å²) >= 11 is 0. The van der Waals surface area contributed by atoms with Crippen molar-refractivity contribution < 1.29 is 4.39 Å². The molecule has 0 saturated carbocycles. The van der Waals surface area contributed by atoms with Gasteiger partial charge < -0.3 is 5.32 Å². The van der Waals surface area contributed by atoms with Crippen molar-refractivity contribution >= 4 is 0 Å². The Kier molecular flexibility index (Phi) is 3.25. The summed E-state index contributed by atoms with van der Waals surface area (Å²) in [6.07, 6.45) is 1.31. The SMILES string of the molecule is CC(C)[C@H]1CC(F)(C(C)(C)C)CCN1. The van der Waals surface area contributed by atoms with E-state index in [1.54, 1.807) is 0 Å². The van der Waals surface area contributed by atoms with Crippen LogP contribution in [0.1, 0.15) is 47.5 Å². The number of nitrogens with one attached hydrogen (secondary N) is 1. The first-order valence-corrected chi connectivity index (χ1v) is 5.68. The molecule has 0 radical (unpaired) electrons. The Balaban J connectivity index is 2.72. The first-order chi connectivity index (χ1) is 6.26. The minimum Gasteiger partial charge on any atom is -0.313 e. The number of hydrogen-bond donors (Lipinski definition) is 1. The van der Waals surface area contributed by atoms with Crippen molar-refractivity contribution in [1.82, 2.24) is 5.32 Å². The van der Waals surface area contributed by atoms with Gasteiger partial charge in [0.2, 0.25) is 0 Å². The molecule has 2 atom stereocenters. The van der Waals surface area contributed by atoms with Crippen LogP contribution < -0.4 is 5.32 Å². The van der Waals surface area contributed by atoms with E-state index in [-0.39, 0.29) is 5.41 Å². The number of hydrogen-bond acceptors (Lipinski definition) is 1. The zero-order chi connectivity index (χ0) is 11.0. The molecular formula is C12H24FN. The Labute approximate surface area is 87.5 Å². The Morgan fingerprint density at radius 2 is 1.93 bits per heavy atom. The molecule has 0 aromatic carbocycles. The summed E-state index contributed by atoms with van der Waals surface area (Å²) in [6, 6.07) is 0.341. The third kappa shape index (κ3) is 2.28. The van der Waals surface area contributed by atoms with Gasteiger partial charge in [-0.05, 0) is 30.7 Å². The molecule has 0 amide bonds. The largest absolute Gasteiger partial charge is 0.313 e. The molecule has 0 aromatic heterocycles. The molecule has 1 N–H and O–H groups in total. The van der Waals surface area contributed by atoms with Crippen molar-refractivity contribution in [3.63, 3.8) is 0 Å². The van der Waals surface area contributed by atoms with Crippen molar-refractivity contribution in [2.45, 2.75) is 59.2 Å². The van der Waals surface area contributed by atoms with E-state index in [0.29, 0.717) is 24.8 Å². The molecule has 2 heteroatoms. The Hall–Kier alpha value is -0.110. The molecule has 0 aliphatic carbocycles. The molecule has 1 aliphatic heterocycles. The van der Waals surface area contributed by atoms with Gasteiger partial charge in [-0.3, -0.25) is 0 Å². The van der Waals surface area contributed by atoms with Crippen molar-refractivity contribution in [3.05, 3.63) is 0 Å². The molecule has 84 valence electrons. The zero-order valence-electron chi connectivity index (χ0n) is 10.2. The highest BCUT2D eigenvalue weighted by Crippen LogP contribution is 2.43. The fourth-order valence-corrected chi connectivity index (χ4v) is 2.13. The predicted molar refractivity (Wildman–Crippen MR) is 59.2 cm³/mol. The maximum absolute atomic E-state index is 14.6. The molecule has 1 saturated heterocycles. The number of alkyl halides is 1. The summed E-state index contributed by atoms with van der Waals surface area (Å²) in [5.41, 5.74) is -1.23. The van der Waals surface area contributed by atoms with Gasteiger partial charge in [0.05, 0.1) is 0 Å². The van der Waals surface area contributed by atoms with Gasteiger partial charge in [-0.15, -0.1) is 0 Å². The smallest absolute Gasteiger partial charge is 0.118 e. The average molecular weight is 201 g/mol. The van der Waals surface area contributed by atoms with Gasteiger partial charge in [0.1, 0.15) is 5.67 Å². The maximum Gasteiger partial charge on any atom is 0.118 e. The molecule has 1 fully saturated rings. The molecule has 1 rings (SSSR count). The summed E-state index contributed by atoms with van der Waals surface area (Å²) in [6.45, 7) is 11.2. The van der Waals surface area contributed by atoms with Crippen LogP contribution in [0.25, 0.3) is 0 Å². The van der Waals surface area contributed by atoms with E-state index in [1.165, 1.54) is 0 Å². The van der Waals surface area contributed by atoms with Crippen LogP contribution in [-0.2, 0) is 0 Å². The molecular weight excluding hydrogens is 177 g/mol. The summed E-state index contributed by atoms with van der Waals surface area (Å²) in [7, 11) is 0. The van der Waals surface area contributed by atoms with Crippen molar-refractivity contribution in [2.24, 2.45) is 11.3 Å². The topological polar surface area (TPSA) is 12.0 Å². The van der Waals surface area contributed by atoms with Crippen LogP contribution in [0.5, 0.6) is 0 Å². The Morgan fingerprint density at radius 1 is 1.36 bits per heavy atom. The zero-order valence-corrected chi connectivity index (χ0v) is 10.2. The first kappa shape index (κ1) is 12.0. The third-order valence-electron chi connectivity index (χ3n) is 3.62. The molecule has 1 heterocycles. The first-order valence-electron chi connectivity index (χ1n) is 5.68. The highest BCUT2D eigenvalue weighted by molar-refractivity contribution is 4.98. The van der Waals surface area contributed by atoms with Crippen LogP contribution >= 0.6 is 0 Å². The highest BCUT2D eigenvalue weighted by atomic mass is 19.1. The average Bonchev–Trinajstić information content (AvgIpc) is 2.02. The highest BCUT2D eigenvalue weighted by Gasteiger charge is 2.46. The molecule has 14 heavy (non-hydrogen) atoms.